The Balaban J connectivity index is 1.50. The van der Waals surface area contributed by atoms with E-state index < -0.39 is 6.29 Å². The van der Waals surface area contributed by atoms with E-state index in [0.29, 0.717) is 32.9 Å². The van der Waals surface area contributed by atoms with E-state index in [1.807, 2.05) is 32.0 Å². The van der Waals surface area contributed by atoms with Gasteiger partial charge in [0.05, 0.1) is 19.3 Å². The highest BCUT2D eigenvalue weighted by molar-refractivity contribution is 5.91. The van der Waals surface area contributed by atoms with Crippen molar-refractivity contribution in [3.05, 3.63) is 41.7 Å². The van der Waals surface area contributed by atoms with E-state index in [-0.39, 0.29) is 17.5 Å². The lowest BCUT2D eigenvalue weighted by atomic mass is 9.97. The molecule has 1 unspecified atom stereocenters. The highest BCUT2D eigenvalue weighted by atomic mass is 16.7. The number of nitrogens with zero attached hydrogens (tertiary/aromatic N) is 3. The molecule has 0 fully saturated rings. The van der Waals surface area contributed by atoms with Crippen LogP contribution in [0.2, 0.25) is 0 Å². The van der Waals surface area contributed by atoms with Gasteiger partial charge in [0.25, 0.3) is 5.91 Å². The lowest BCUT2D eigenvalue weighted by Crippen LogP contribution is -2.35. The molecule has 0 saturated carbocycles. The fourth-order valence-electron chi connectivity index (χ4n) is 3.02. The van der Waals surface area contributed by atoms with Crippen LogP contribution in [0, 0.1) is 5.92 Å². The minimum atomic E-state index is -0.405. The zero-order valence-electron chi connectivity index (χ0n) is 15.8. The number of rotatable bonds is 9. The van der Waals surface area contributed by atoms with Crippen LogP contribution in [0.4, 0.5) is 0 Å². The van der Waals surface area contributed by atoms with Crippen molar-refractivity contribution in [2.75, 3.05) is 26.4 Å². The number of para-hydroxylation sites is 1. The van der Waals surface area contributed by atoms with Crippen molar-refractivity contribution in [2.45, 2.75) is 33.1 Å². The molecule has 1 amide bonds. The van der Waals surface area contributed by atoms with Crippen molar-refractivity contribution in [1.82, 2.24) is 20.3 Å². The van der Waals surface area contributed by atoms with Gasteiger partial charge in [0.1, 0.15) is 5.75 Å². The van der Waals surface area contributed by atoms with Crippen molar-refractivity contribution in [1.29, 1.82) is 0 Å². The summed E-state index contributed by atoms with van der Waals surface area (Å²) in [5.74, 6) is 0.921. The lowest BCUT2D eigenvalue weighted by Gasteiger charge is -2.25. The van der Waals surface area contributed by atoms with Crippen LogP contribution >= 0.6 is 0 Å². The number of hydrogen-bond donors (Lipinski definition) is 1. The molecule has 3 rings (SSSR count). The van der Waals surface area contributed by atoms with Gasteiger partial charge in [0.2, 0.25) is 0 Å². The molecule has 1 aliphatic rings. The summed E-state index contributed by atoms with van der Waals surface area (Å²) in [5, 5.41) is 10.9. The third-order valence-corrected chi connectivity index (χ3v) is 4.32. The van der Waals surface area contributed by atoms with E-state index in [1.165, 1.54) is 5.56 Å². The van der Waals surface area contributed by atoms with Crippen molar-refractivity contribution in [2.24, 2.45) is 5.92 Å². The number of benzene rings is 1. The number of ether oxygens (including phenoxy) is 3. The number of carbonyl (C=O) groups excluding carboxylic acids is 1. The molecular formula is C19H26N4O4. The molecule has 0 radical (unpaired) electrons. The standard InChI is InChI=1S/C19H26N4O4/c1-3-25-18(26-4-2)12-23-11-16(21-22-23)19(24)20-10-14-9-15-7-5-6-8-17(15)27-13-14/h5-8,11,14,18H,3-4,9-10,12-13H2,1-2H3,(H,20,24). The SMILES string of the molecule is CCOC(Cn1cc(C(=O)NCC2COc3ccccc3C2)nn1)OCC. The number of amides is 1. The summed E-state index contributed by atoms with van der Waals surface area (Å²) < 4.78 is 18.3. The maximum Gasteiger partial charge on any atom is 0.273 e. The van der Waals surface area contributed by atoms with E-state index >= 15 is 0 Å². The molecule has 27 heavy (non-hydrogen) atoms. The Hall–Kier alpha value is -2.45. The van der Waals surface area contributed by atoms with Gasteiger partial charge >= 0.3 is 0 Å². The fourth-order valence-corrected chi connectivity index (χ4v) is 3.02. The van der Waals surface area contributed by atoms with Crippen LogP contribution < -0.4 is 10.1 Å². The van der Waals surface area contributed by atoms with E-state index in [2.05, 4.69) is 21.7 Å². The van der Waals surface area contributed by atoms with Gasteiger partial charge in [-0.15, -0.1) is 5.10 Å². The minimum absolute atomic E-state index is 0.235. The summed E-state index contributed by atoms with van der Waals surface area (Å²) in [4.78, 5) is 12.4. The molecule has 1 aromatic carbocycles. The molecule has 2 aromatic rings. The smallest absolute Gasteiger partial charge is 0.273 e. The van der Waals surface area contributed by atoms with Crippen molar-refractivity contribution < 1.29 is 19.0 Å². The molecule has 0 aliphatic carbocycles. The molecule has 1 aromatic heterocycles. The van der Waals surface area contributed by atoms with E-state index in [9.17, 15) is 4.79 Å². The van der Waals surface area contributed by atoms with Crippen molar-refractivity contribution in [3.63, 3.8) is 0 Å². The number of nitrogens with one attached hydrogen (secondary N) is 1. The van der Waals surface area contributed by atoms with Gasteiger partial charge in [-0.25, -0.2) is 4.68 Å². The summed E-state index contributed by atoms with van der Waals surface area (Å²) >= 11 is 0. The van der Waals surface area contributed by atoms with Gasteiger partial charge < -0.3 is 19.5 Å². The van der Waals surface area contributed by atoms with Crippen LogP contribution in [-0.4, -0.2) is 53.6 Å². The average Bonchev–Trinajstić information content (AvgIpc) is 3.15. The summed E-state index contributed by atoms with van der Waals surface area (Å²) in [5.41, 5.74) is 1.45. The largest absolute Gasteiger partial charge is 0.493 e. The number of fused-ring (bicyclic) bond motifs is 1. The second-order valence-electron chi connectivity index (χ2n) is 6.36. The first-order valence-corrected chi connectivity index (χ1v) is 9.31. The fraction of sp³-hybridized carbons (Fsp3) is 0.526. The second kappa shape index (κ2) is 9.48. The molecule has 1 aliphatic heterocycles. The molecule has 0 spiro atoms. The van der Waals surface area contributed by atoms with E-state index in [1.54, 1.807) is 10.9 Å². The van der Waals surface area contributed by atoms with Crippen molar-refractivity contribution in [3.8, 4) is 5.75 Å². The highest BCUT2D eigenvalue weighted by Crippen LogP contribution is 2.26. The Kier molecular flexibility index (Phi) is 6.78. The quantitative estimate of drug-likeness (QED) is 0.672. The third kappa shape index (κ3) is 5.27. The van der Waals surface area contributed by atoms with Gasteiger partial charge in [-0.2, -0.15) is 0 Å². The normalized spacial score (nSPS) is 16.0. The van der Waals surface area contributed by atoms with E-state index in [0.717, 1.165) is 12.2 Å². The van der Waals surface area contributed by atoms with Crippen LogP contribution in [0.3, 0.4) is 0 Å². The summed E-state index contributed by atoms with van der Waals surface area (Å²) in [7, 11) is 0. The van der Waals surface area contributed by atoms with Crippen LogP contribution in [0.15, 0.2) is 30.5 Å². The number of hydrogen-bond acceptors (Lipinski definition) is 6. The zero-order valence-corrected chi connectivity index (χ0v) is 15.8. The maximum absolute atomic E-state index is 12.4. The topological polar surface area (TPSA) is 87.5 Å². The van der Waals surface area contributed by atoms with Crippen LogP contribution in [0.1, 0.15) is 29.9 Å². The molecule has 2 heterocycles. The Morgan fingerprint density at radius 3 is 2.89 bits per heavy atom. The summed E-state index contributed by atoms with van der Waals surface area (Å²) in [6.45, 7) is 6.39. The lowest BCUT2D eigenvalue weighted by molar-refractivity contribution is -0.145. The summed E-state index contributed by atoms with van der Waals surface area (Å²) in [6.07, 6.45) is 2.08. The molecule has 0 saturated heterocycles. The van der Waals surface area contributed by atoms with Crippen LogP contribution in [0.25, 0.3) is 0 Å². The number of aromatic nitrogens is 3. The monoisotopic (exact) mass is 374 g/mol. The Morgan fingerprint density at radius 1 is 1.33 bits per heavy atom. The molecule has 8 nitrogen and oxygen atoms in total. The Labute approximate surface area is 158 Å². The van der Waals surface area contributed by atoms with E-state index in [4.69, 9.17) is 14.2 Å². The first-order chi connectivity index (χ1) is 13.2. The predicted octanol–water partition coefficient (Wildman–Crippen LogP) is 1.66. The minimum Gasteiger partial charge on any atom is -0.493 e. The molecular weight excluding hydrogens is 348 g/mol. The molecule has 8 heteroatoms. The maximum atomic E-state index is 12.4. The Bertz CT molecular complexity index is 743. The highest BCUT2D eigenvalue weighted by Gasteiger charge is 2.21. The van der Waals surface area contributed by atoms with Gasteiger partial charge in [-0.05, 0) is 31.9 Å². The second-order valence-corrected chi connectivity index (χ2v) is 6.36. The molecule has 1 N–H and O–H groups in total. The van der Waals surface area contributed by atoms with Crippen LogP contribution in [0.5, 0.6) is 5.75 Å². The molecule has 1 atom stereocenters. The van der Waals surface area contributed by atoms with Gasteiger partial charge in [0, 0.05) is 25.7 Å². The molecule has 146 valence electrons. The molecule has 0 bridgehead atoms. The van der Waals surface area contributed by atoms with Crippen LogP contribution in [-0.2, 0) is 22.4 Å². The van der Waals surface area contributed by atoms with Crippen molar-refractivity contribution >= 4 is 5.91 Å². The van der Waals surface area contributed by atoms with Gasteiger partial charge in [-0.1, -0.05) is 23.4 Å². The zero-order chi connectivity index (χ0) is 19.1. The first-order valence-electron chi connectivity index (χ1n) is 9.31. The first kappa shape index (κ1) is 19.3. The third-order valence-electron chi connectivity index (χ3n) is 4.32. The van der Waals surface area contributed by atoms with Gasteiger partial charge in [0.15, 0.2) is 12.0 Å². The summed E-state index contributed by atoms with van der Waals surface area (Å²) in [6, 6.07) is 7.99. The average molecular weight is 374 g/mol. The predicted molar refractivity (Wildman–Crippen MR) is 98.5 cm³/mol. The Morgan fingerprint density at radius 2 is 2.11 bits per heavy atom. The van der Waals surface area contributed by atoms with Gasteiger partial charge in [-0.3, -0.25) is 4.79 Å². The number of carbonyl (C=O) groups is 1.